The van der Waals surface area contributed by atoms with Gasteiger partial charge in [0.2, 0.25) is 0 Å². The standard InChI is InChI=1S/C15H13BrN2O3/c1-9-7-11-13(3-2-4-15(11)19)17(9)10-5-6-12(16)14(8-10)18(20)21/h5-8H,2-4H2,1H3. The second-order valence-electron chi connectivity index (χ2n) is 5.15. The monoisotopic (exact) mass is 348 g/mol. The predicted octanol–water partition coefficient (Wildman–Crippen LogP) is 3.98. The third-order valence-corrected chi connectivity index (χ3v) is 4.46. The van der Waals surface area contributed by atoms with E-state index in [2.05, 4.69) is 15.9 Å². The van der Waals surface area contributed by atoms with Crippen LogP contribution in [0.15, 0.2) is 28.7 Å². The smallest absolute Gasteiger partial charge is 0.285 e. The quantitative estimate of drug-likeness (QED) is 0.609. The molecule has 0 atom stereocenters. The molecular formula is C15H13BrN2O3. The van der Waals surface area contributed by atoms with Crippen molar-refractivity contribution >= 4 is 27.4 Å². The Labute approximate surface area is 129 Å². The minimum atomic E-state index is -0.413. The highest BCUT2D eigenvalue weighted by molar-refractivity contribution is 9.10. The zero-order valence-electron chi connectivity index (χ0n) is 11.4. The summed E-state index contributed by atoms with van der Waals surface area (Å²) in [7, 11) is 0. The molecule has 0 N–H and O–H groups in total. The summed E-state index contributed by atoms with van der Waals surface area (Å²) in [4.78, 5) is 22.7. The molecule has 0 saturated heterocycles. The normalized spacial score (nSPS) is 14.1. The Hall–Kier alpha value is -1.95. The van der Waals surface area contributed by atoms with Crippen molar-refractivity contribution in [3.8, 4) is 5.69 Å². The number of aryl methyl sites for hydroxylation is 1. The molecular weight excluding hydrogens is 336 g/mol. The zero-order valence-corrected chi connectivity index (χ0v) is 13.0. The molecule has 1 heterocycles. The molecule has 1 aliphatic rings. The first-order chi connectivity index (χ1) is 9.99. The molecule has 0 radical (unpaired) electrons. The fourth-order valence-corrected chi connectivity index (χ4v) is 3.26. The Morgan fingerprint density at radius 1 is 1.29 bits per heavy atom. The van der Waals surface area contributed by atoms with Gasteiger partial charge in [0.25, 0.3) is 5.69 Å². The number of aromatic nitrogens is 1. The summed E-state index contributed by atoms with van der Waals surface area (Å²) in [6.45, 7) is 1.92. The molecule has 0 bridgehead atoms. The summed E-state index contributed by atoms with van der Waals surface area (Å²) < 4.78 is 2.40. The van der Waals surface area contributed by atoms with Gasteiger partial charge in [0.1, 0.15) is 0 Å². The minimum Gasteiger partial charge on any atom is -0.317 e. The highest BCUT2D eigenvalue weighted by Gasteiger charge is 2.24. The van der Waals surface area contributed by atoms with Crippen molar-refractivity contribution < 1.29 is 9.72 Å². The van der Waals surface area contributed by atoms with Crippen LogP contribution in [-0.2, 0) is 6.42 Å². The fourth-order valence-electron chi connectivity index (χ4n) is 2.87. The number of nitro groups is 1. The van der Waals surface area contributed by atoms with Crippen molar-refractivity contribution in [2.45, 2.75) is 26.2 Å². The minimum absolute atomic E-state index is 0.0245. The number of halogens is 1. The Bertz CT molecular complexity index is 765. The Morgan fingerprint density at radius 3 is 2.76 bits per heavy atom. The molecule has 2 aromatic rings. The largest absolute Gasteiger partial charge is 0.317 e. The first-order valence-electron chi connectivity index (χ1n) is 6.68. The zero-order chi connectivity index (χ0) is 15.1. The number of carbonyl (C=O) groups excluding carboxylic acids is 1. The number of Topliss-reactive ketones (excluding diaryl/α,β-unsaturated/α-hetero) is 1. The number of rotatable bonds is 2. The second-order valence-corrected chi connectivity index (χ2v) is 6.01. The van der Waals surface area contributed by atoms with Crippen molar-refractivity contribution in [1.82, 2.24) is 4.57 Å². The topological polar surface area (TPSA) is 65.1 Å². The van der Waals surface area contributed by atoms with Crippen LogP contribution in [0.5, 0.6) is 0 Å². The summed E-state index contributed by atoms with van der Waals surface area (Å²) in [6.07, 6.45) is 2.23. The number of ketones is 1. The average Bonchev–Trinajstić information content (AvgIpc) is 2.77. The van der Waals surface area contributed by atoms with Gasteiger partial charge in [-0.15, -0.1) is 0 Å². The molecule has 0 unspecified atom stereocenters. The van der Waals surface area contributed by atoms with Gasteiger partial charge in [0.05, 0.1) is 15.1 Å². The van der Waals surface area contributed by atoms with Crippen LogP contribution in [0.1, 0.15) is 34.6 Å². The Kier molecular flexibility index (Phi) is 3.41. The van der Waals surface area contributed by atoms with E-state index in [-0.39, 0.29) is 11.5 Å². The van der Waals surface area contributed by atoms with Gasteiger partial charge >= 0.3 is 0 Å². The van der Waals surface area contributed by atoms with E-state index in [4.69, 9.17) is 0 Å². The van der Waals surface area contributed by atoms with Crippen LogP contribution < -0.4 is 0 Å². The van der Waals surface area contributed by atoms with Crippen LogP contribution in [0, 0.1) is 17.0 Å². The van der Waals surface area contributed by atoms with E-state index >= 15 is 0 Å². The first-order valence-corrected chi connectivity index (χ1v) is 7.47. The van der Waals surface area contributed by atoms with Gasteiger partial charge < -0.3 is 4.57 Å². The number of nitro benzene ring substituents is 1. The van der Waals surface area contributed by atoms with Crippen LogP contribution in [-0.4, -0.2) is 15.3 Å². The third-order valence-electron chi connectivity index (χ3n) is 3.79. The maximum absolute atomic E-state index is 12.0. The molecule has 0 fully saturated rings. The van der Waals surface area contributed by atoms with Gasteiger partial charge in [-0.2, -0.15) is 0 Å². The van der Waals surface area contributed by atoms with E-state index in [1.165, 1.54) is 6.07 Å². The molecule has 3 rings (SSSR count). The van der Waals surface area contributed by atoms with Crippen molar-refractivity contribution in [3.05, 3.63) is 55.8 Å². The molecule has 0 aliphatic heterocycles. The van der Waals surface area contributed by atoms with Gasteiger partial charge in [-0.1, -0.05) is 0 Å². The summed E-state index contributed by atoms with van der Waals surface area (Å²) in [6, 6.07) is 6.91. The Balaban J connectivity index is 2.20. The van der Waals surface area contributed by atoms with E-state index < -0.39 is 4.92 Å². The molecule has 5 nitrogen and oxygen atoms in total. The number of nitrogens with zero attached hydrogens (tertiary/aromatic N) is 2. The second kappa shape index (κ2) is 5.11. The summed E-state index contributed by atoms with van der Waals surface area (Å²) in [5.74, 6) is 0.157. The lowest BCUT2D eigenvalue weighted by atomic mass is 9.96. The van der Waals surface area contributed by atoms with Gasteiger partial charge in [-0.05, 0) is 53.9 Å². The molecule has 108 valence electrons. The first kappa shape index (κ1) is 14.0. The summed E-state index contributed by atoms with van der Waals surface area (Å²) >= 11 is 3.19. The lowest BCUT2D eigenvalue weighted by Gasteiger charge is -2.16. The lowest BCUT2D eigenvalue weighted by Crippen LogP contribution is -2.12. The third kappa shape index (κ3) is 2.29. The summed E-state index contributed by atoms with van der Waals surface area (Å²) in [5.41, 5.74) is 3.38. The molecule has 0 spiro atoms. The van der Waals surface area contributed by atoms with E-state index in [1.54, 1.807) is 6.07 Å². The molecule has 1 aromatic heterocycles. The molecule has 0 amide bonds. The SMILES string of the molecule is Cc1cc2c(n1-c1ccc(Br)c([N+](=O)[O-])c1)CCCC2=O. The molecule has 0 saturated carbocycles. The van der Waals surface area contributed by atoms with Crippen LogP contribution in [0.4, 0.5) is 5.69 Å². The van der Waals surface area contributed by atoms with E-state index in [9.17, 15) is 14.9 Å². The maximum atomic E-state index is 12.0. The van der Waals surface area contributed by atoms with Gasteiger partial charge in [0, 0.05) is 29.4 Å². The van der Waals surface area contributed by atoms with Crippen LogP contribution in [0.2, 0.25) is 0 Å². The molecule has 1 aliphatic carbocycles. The van der Waals surface area contributed by atoms with Gasteiger partial charge in [-0.3, -0.25) is 14.9 Å². The predicted molar refractivity (Wildman–Crippen MR) is 82.1 cm³/mol. The average molecular weight is 349 g/mol. The number of benzene rings is 1. The number of fused-ring (bicyclic) bond motifs is 1. The summed E-state index contributed by atoms with van der Waals surface area (Å²) in [5, 5.41) is 11.1. The van der Waals surface area contributed by atoms with Crippen LogP contribution in [0.25, 0.3) is 5.69 Å². The maximum Gasteiger partial charge on any atom is 0.285 e. The van der Waals surface area contributed by atoms with Gasteiger partial charge in [-0.25, -0.2) is 0 Å². The molecule has 21 heavy (non-hydrogen) atoms. The Morgan fingerprint density at radius 2 is 2.05 bits per heavy atom. The van der Waals surface area contributed by atoms with Gasteiger partial charge in [0.15, 0.2) is 5.78 Å². The molecule has 6 heteroatoms. The van der Waals surface area contributed by atoms with E-state index in [0.717, 1.165) is 35.5 Å². The number of hydrogen-bond acceptors (Lipinski definition) is 3. The van der Waals surface area contributed by atoms with Crippen LogP contribution >= 0.6 is 15.9 Å². The number of carbonyl (C=O) groups is 1. The van der Waals surface area contributed by atoms with Crippen LogP contribution in [0.3, 0.4) is 0 Å². The number of hydrogen-bond donors (Lipinski definition) is 0. The highest BCUT2D eigenvalue weighted by atomic mass is 79.9. The van der Waals surface area contributed by atoms with Crippen molar-refractivity contribution in [2.24, 2.45) is 0 Å². The molecule has 1 aromatic carbocycles. The lowest BCUT2D eigenvalue weighted by molar-refractivity contribution is -0.385. The van der Waals surface area contributed by atoms with E-state index in [0.29, 0.717) is 10.9 Å². The fraction of sp³-hybridized carbons (Fsp3) is 0.267. The highest BCUT2D eigenvalue weighted by Crippen LogP contribution is 2.32. The van der Waals surface area contributed by atoms with Crippen molar-refractivity contribution in [3.63, 3.8) is 0 Å². The van der Waals surface area contributed by atoms with Crippen molar-refractivity contribution in [1.29, 1.82) is 0 Å². The van der Waals surface area contributed by atoms with E-state index in [1.807, 2.05) is 23.6 Å². The van der Waals surface area contributed by atoms with Crippen molar-refractivity contribution in [2.75, 3.05) is 0 Å².